The monoisotopic (exact) mass is 279 g/mol. The molecule has 0 bridgehead atoms. The molecule has 0 aliphatic rings. The Morgan fingerprint density at radius 3 is 2.55 bits per heavy atom. The molecule has 20 heavy (non-hydrogen) atoms. The van der Waals surface area contributed by atoms with Gasteiger partial charge in [0.2, 0.25) is 0 Å². The van der Waals surface area contributed by atoms with Crippen molar-refractivity contribution >= 4 is 5.96 Å². The summed E-state index contributed by atoms with van der Waals surface area (Å²) < 4.78 is 10.4. The predicted molar refractivity (Wildman–Crippen MR) is 81.6 cm³/mol. The van der Waals surface area contributed by atoms with Crippen LogP contribution >= 0.6 is 0 Å². The molecular weight excluding hydrogens is 254 g/mol. The zero-order valence-electron chi connectivity index (χ0n) is 12.6. The van der Waals surface area contributed by atoms with Gasteiger partial charge in [-0.05, 0) is 25.0 Å². The molecule has 0 heterocycles. The zero-order chi connectivity index (χ0) is 14.8. The number of benzene rings is 1. The second kappa shape index (κ2) is 9.34. The Balaban J connectivity index is 2.43. The molecule has 112 valence electrons. The molecular formula is C15H25N3O2. The van der Waals surface area contributed by atoms with Gasteiger partial charge in [-0.15, -0.1) is 0 Å². The lowest BCUT2D eigenvalue weighted by atomic mass is 10.1. The molecule has 0 saturated carbocycles. The topological polar surface area (TPSA) is 68.9 Å². The largest absolute Gasteiger partial charge is 0.383 e. The zero-order valence-corrected chi connectivity index (χ0v) is 12.6. The summed E-state index contributed by atoms with van der Waals surface area (Å²) in [6.07, 6.45) is 0. The quantitative estimate of drug-likeness (QED) is 0.561. The summed E-state index contributed by atoms with van der Waals surface area (Å²) >= 11 is 0. The second-order valence-electron chi connectivity index (χ2n) is 4.66. The standard InChI is InChI=1S/C15H25N3O2/c1-4-20-11-14-7-5-13(6-8-14)9-17-15(16)18-12(2)10-19-3/h5-8,12H,4,9-11H2,1-3H3,(H3,16,17,18). The molecule has 5 heteroatoms. The minimum Gasteiger partial charge on any atom is -0.383 e. The number of guanidine groups is 1. The van der Waals surface area contributed by atoms with E-state index in [1.54, 1.807) is 7.11 Å². The second-order valence-corrected chi connectivity index (χ2v) is 4.66. The third-order valence-electron chi connectivity index (χ3n) is 2.74. The van der Waals surface area contributed by atoms with Gasteiger partial charge in [0.1, 0.15) is 0 Å². The third kappa shape index (κ3) is 6.54. The van der Waals surface area contributed by atoms with Crippen LogP contribution in [0.15, 0.2) is 29.3 Å². The first kappa shape index (κ1) is 16.5. The van der Waals surface area contributed by atoms with Crippen LogP contribution < -0.4 is 11.1 Å². The van der Waals surface area contributed by atoms with Crippen molar-refractivity contribution in [3.05, 3.63) is 35.4 Å². The highest BCUT2D eigenvalue weighted by atomic mass is 16.5. The number of hydrogen-bond acceptors (Lipinski definition) is 3. The van der Waals surface area contributed by atoms with Crippen molar-refractivity contribution in [3.8, 4) is 0 Å². The molecule has 3 N–H and O–H groups in total. The first-order valence-corrected chi connectivity index (χ1v) is 6.86. The van der Waals surface area contributed by atoms with Crippen molar-refractivity contribution in [2.24, 2.45) is 10.7 Å². The van der Waals surface area contributed by atoms with Crippen molar-refractivity contribution in [2.75, 3.05) is 20.3 Å². The molecule has 1 rings (SSSR count). The highest BCUT2D eigenvalue weighted by molar-refractivity contribution is 5.78. The summed E-state index contributed by atoms with van der Waals surface area (Å²) in [6, 6.07) is 8.35. The van der Waals surface area contributed by atoms with Gasteiger partial charge in [0.25, 0.3) is 0 Å². The van der Waals surface area contributed by atoms with Gasteiger partial charge in [-0.25, -0.2) is 4.99 Å². The number of aliphatic imine (C=N–C) groups is 1. The van der Waals surface area contributed by atoms with Gasteiger partial charge in [0, 0.05) is 19.8 Å². The highest BCUT2D eigenvalue weighted by Gasteiger charge is 2.01. The van der Waals surface area contributed by atoms with E-state index in [0.717, 1.165) is 12.2 Å². The Hall–Kier alpha value is -1.59. The van der Waals surface area contributed by atoms with Gasteiger partial charge in [-0.1, -0.05) is 24.3 Å². The van der Waals surface area contributed by atoms with E-state index in [1.807, 2.05) is 26.0 Å². The Bertz CT molecular complexity index is 404. The summed E-state index contributed by atoms with van der Waals surface area (Å²) in [4.78, 5) is 4.30. The maximum absolute atomic E-state index is 5.81. The van der Waals surface area contributed by atoms with Crippen molar-refractivity contribution in [3.63, 3.8) is 0 Å². The number of ether oxygens (including phenoxy) is 2. The number of nitrogens with zero attached hydrogens (tertiary/aromatic N) is 1. The van der Waals surface area contributed by atoms with Crippen LogP contribution in [-0.2, 0) is 22.6 Å². The Labute approximate surface area is 121 Å². The van der Waals surface area contributed by atoms with E-state index in [2.05, 4.69) is 22.4 Å². The predicted octanol–water partition coefficient (Wildman–Crippen LogP) is 1.66. The lowest BCUT2D eigenvalue weighted by molar-refractivity contribution is 0.134. The number of rotatable bonds is 8. The molecule has 0 aliphatic heterocycles. The molecule has 5 nitrogen and oxygen atoms in total. The highest BCUT2D eigenvalue weighted by Crippen LogP contribution is 2.06. The first-order chi connectivity index (χ1) is 9.65. The van der Waals surface area contributed by atoms with Crippen LogP contribution in [0.5, 0.6) is 0 Å². The molecule has 1 aromatic carbocycles. The maximum atomic E-state index is 5.81. The van der Waals surface area contributed by atoms with Gasteiger partial charge in [-0.2, -0.15) is 0 Å². The van der Waals surface area contributed by atoms with E-state index in [1.165, 1.54) is 5.56 Å². The van der Waals surface area contributed by atoms with Crippen molar-refractivity contribution in [1.82, 2.24) is 5.32 Å². The molecule has 0 amide bonds. The molecule has 0 aromatic heterocycles. The van der Waals surface area contributed by atoms with Crippen LogP contribution in [0.1, 0.15) is 25.0 Å². The Morgan fingerprint density at radius 2 is 1.95 bits per heavy atom. The van der Waals surface area contributed by atoms with Crippen molar-refractivity contribution in [1.29, 1.82) is 0 Å². The molecule has 0 saturated heterocycles. The van der Waals surface area contributed by atoms with Crippen LogP contribution in [0.4, 0.5) is 0 Å². The smallest absolute Gasteiger partial charge is 0.189 e. The Kier molecular flexibility index (Phi) is 7.69. The third-order valence-corrected chi connectivity index (χ3v) is 2.74. The van der Waals surface area contributed by atoms with Crippen LogP contribution in [0.2, 0.25) is 0 Å². The molecule has 0 radical (unpaired) electrons. The summed E-state index contributed by atoms with van der Waals surface area (Å²) in [5, 5.41) is 3.07. The van der Waals surface area contributed by atoms with E-state index in [9.17, 15) is 0 Å². The van der Waals surface area contributed by atoms with Gasteiger partial charge in [0.05, 0.1) is 19.8 Å². The molecule has 1 aromatic rings. The summed E-state index contributed by atoms with van der Waals surface area (Å²) in [6.45, 7) is 6.53. The first-order valence-electron chi connectivity index (χ1n) is 6.86. The number of methoxy groups -OCH3 is 1. The van der Waals surface area contributed by atoms with E-state index in [0.29, 0.717) is 25.7 Å². The summed E-state index contributed by atoms with van der Waals surface area (Å²) in [5.74, 6) is 0.438. The number of nitrogens with two attached hydrogens (primary N) is 1. The Morgan fingerprint density at radius 1 is 1.30 bits per heavy atom. The van der Waals surface area contributed by atoms with E-state index < -0.39 is 0 Å². The lowest BCUT2D eigenvalue weighted by Gasteiger charge is -2.13. The van der Waals surface area contributed by atoms with Crippen molar-refractivity contribution in [2.45, 2.75) is 33.0 Å². The van der Waals surface area contributed by atoms with E-state index in [4.69, 9.17) is 15.2 Å². The number of hydrogen-bond donors (Lipinski definition) is 2. The van der Waals surface area contributed by atoms with Crippen molar-refractivity contribution < 1.29 is 9.47 Å². The molecule has 1 unspecified atom stereocenters. The van der Waals surface area contributed by atoms with Gasteiger partial charge < -0.3 is 20.5 Å². The molecule has 0 aliphatic carbocycles. The minimum atomic E-state index is 0.150. The van der Waals surface area contributed by atoms with Gasteiger partial charge >= 0.3 is 0 Å². The van der Waals surface area contributed by atoms with E-state index >= 15 is 0 Å². The maximum Gasteiger partial charge on any atom is 0.189 e. The average Bonchev–Trinajstić information content (AvgIpc) is 2.44. The molecule has 0 fully saturated rings. The van der Waals surface area contributed by atoms with Gasteiger partial charge in [-0.3, -0.25) is 0 Å². The molecule has 1 atom stereocenters. The fraction of sp³-hybridized carbons (Fsp3) is 0.533. The average molecular weight is 279 g/mol. The molecule has 0 spiro atoms. The van der Waals surface area contributed by atoms with Crippen LogP contribution in [0, 0.1) is 0 Å². The minimum absolute atomic E-state index is 0.150. The van der Waals surface area contributed by atoms with E-state index in [-0.39, 0.29) is 6.04 Å². The number of nitrogens with one attached hydrogen (secondary N) is 1. The normalized spacial score (nSPS) is 13.2. The lowest BCUT2D eigenvalue weighted by Crippen LogP contribution is -2.40. The van der Waals surface area contributed by atoms with Crippen LogP contribution in [0.3, 0.4) is 0 Å². The fourth-order valence-electron chi connectivity index (χ4n) is 1.73. The SMILES string of the molecule is CCOCc1ccc(CN=C(N)NC(C)COC)cc1. The summed E-state index contributed by atoms with van der Waals surface area (Å²) in [5.41, 5.74) is 8.10. The van der Waals surface area contributed by atoms with Crippen LogP contribution in [-0.4, -0.2) is 32.3 Å². The van der Waals surface area contributed by atoms with Gasteiger partial charge in [0.15, 0.2) is 5.96 Å². The fourth-order valence-corrected chi connectivity index (χ4v) is 1.73. The van der Waals surface area contributed by atoms with Crippen LogP contribution in [0.25, 0.3) is 0 Å². The summed E-state index contributed by atoms with van der Waals surface area (Å²) in [7, 11) is 1.66.